The molecule has 0 aliphatic heterocycles. The maximum Gasteiger partial charge on any atom is 0.321 e. The first-order valence-corrected chi connectivity index (χ1v) is 8.67. The average molecular weight is 333 g/mol. The molecule has 1 aromatic heterocycles. The number of hydrogen-bond donors (Lipinski definition) is 1. The summed E-state index contributed by atoms with van der Waals surface area (Å²) in [6.45, 7) is 3.00. The van der Waals surface area contributed by atoms with E-state index in [0.29, 0.717) is 12.1 Å². The van der Waals surface area contributed by atoms with Gasteiger partial charge in [-0.05, 0) is 35.7 Å². The van der Waals surface area contributed by atoms with E-state index < -0.39 is 0 Å². The second-order valence-electron chi connectivity index (χ2n) is 5.91. The second kappa shape index (κ2) is 8.94. The van der Waals surface area contributed by atoms with Crippen molar-refractivity contribution in [2.45, 2.75) is 32.4 Å². The first-order chi connectivity index (χ1) is 12.3. The summed E-state index contributed by atoms with van der Waals surface area (Å²) in [7, 11) is 0. The third kappa shape index (κ3) is 5.13. The van der Waals surface area contributed by atoms with Gasteiger partial charge in [-0.25, -0.2) is 9.97 Å². The van der Waals surface area contributed by atoms with Gasteiger partial charge in [0, 0.05) is 25.0 Å². The maximum atomic E-state index is 5.71. The zero-order valence-electron chi connectivity index (χ0n) is 14.4. The molecule has 0 fully saturated rings. The van der Waals surface area contributed by atoms with Gasteiger partial charge < -0.3 is 10.1 Å². The summed E-state index contributed by atoms with van der Waals surface area (Å²) in [5, 5.41) is 3.66. The van der Waals surface area contributed by atoms with Gasteiger partial charge in [0.2, 0.25) is 0 Å². The molecule has 128 valence electrons. The fraction of sp³-hybridized carbons (Fsp3) is 0.238. The van der Waals surface area contributed by atoms with Crippen LogP contribution in [-0.4, -0.2) is 9.97 Å². The van der Waals surface area contributed by atoms with Gasteiger partial charge in [-0.15, -0.1) is 0 Å². The van der Waals surface area contributed by atoms with Crippen molar-refractivity contribution in [3.8, 4) is 11.8 Å². The molecule has 3 rings (SSSR count). The summed E-state index contributed by atoms with van der Waals surface area (Å²) in [5.74, 6) is 0.747. The van der Waals surface area contributed by atoms with Crippen molar-refractivity contribution in [2.24, 2.45) is 0 Å². The van der Waals surface area contributed by atoms with Gasteiger partial charge in [0.15, 0.2) is 0 Å². The third-order valence-electron chi connectivity index (χ3n) is 3.98. The van der Waals surface area contributed by atoms with Crippen LogP contribution in [0, 0.1) is 0 Å². The highest BCUT2D eigenvalue weighted by Gasteiger charge is 2.10. The maximum absolute atomic E-state index is 5.71. The molecule has 0 amide bonds. The second-order valence-corrected chi connectivity index (χ2v) is 5.91. The Morgan fingerprint density at radius 3 is 2.52 bits per heavy atom. The molecule has 0 aliphatic rings. The third-order valence-corrected chi connectivity index (χ3v) is 3.98. The lowest BCUT2D eigenvalue weighted by atomic mass is 10.0. The van der Waals surface area contributed by atoms with Gasteiger partial charge in [0.25, 0.3) is 0 Å². The first kappa shape index (κ1) is 17.1. The van der Waals surface area contributed by atoms with Crippen LogP contribution in [0.3, 0.4) is 0 Å². The molecule has 1 N–H and O–H groups in total. The minimum Gasteiger partial charge on any atom is -0.424 e. The molecule has 3 aromatic rings. The molecule has 2 aromatic carbocycles. The molecule has 0 aliphatic carbocycles. The fourth-order valence-corrected chi connectivity index (χ4v) is 2.76. The van der Waals surface area contributed by atoms with Gasteiger partial charge in [-0.3, -0.25) is 0 Å². The normalized spacial score (nSPS) is 11.9. The molecule has 1 heterocycles. The highest BCUT2D eigenvalue weighted by molar-refractivity contribution is 5.30. The number of aromatic nitrogens is 2. The SMILES string of the molecule is CCCC(NCc1cccc(Oc2ncccn2)c1)c1ccccc1. The van der Waals surface area contributed by atoms with Gasteiger partial charge in [-0.1, -0.05) is 55.8 Å². The monoisotopic (exact) mass is 333 g/mol. The van der Waals surface area contributed by atoms with E-state index in [4.69, 9.17) is 4.74 Å². The van der Waals surface area contributed by atoms with E-state index in [9.17, 15) is 0 Å². The Bertz CT molecular complexity index is 762. The van der Waals surface area contributed by atoms with Crippen molar-refractivity contribution in [1.29, 1.82) is 0 Å². The van der Waals surface area contributed by atoms with Crippen LogP contribution in [0.1, 0.15) is 36.9 Å². The van der Waals surface area contributed by atoms with Gasteiger partial charge in [-0.2, -0.15) is 0 Å². The number of nitrogens with one attached hydrogen (secondary N) is 1. The Labute approximate surface area is 148 Å². The highest BCUT2D eigenvalue weighted by atomic mass is 16.5. The fourth-order valence-electron chi connectivity index (χ4n) is 2.76. The van der Waals surface area contributed by atoms with Crippen molar-refractivity contribution in [1.82, 2.24) is 15.3 Å². The lowest BCUT2D eigenvalue weighted by Crippen LogP contribution is -2.20. The van der Waals surface area contributed by atoms with Crippen LogP contribution in [0.15, 0.2) is 73.1 Å². The molecule has 4 nitrogen and oxygen atoms in total. The van der Waals surface area contributed by atoms with E-state index in [1.807, 2.05) is 18.2 Å². The standard InChI is InChI=1S/C21H23N3O/c1-2-8-20(18-10-4-3-5-11-18)24-16-17-9-6-12-19(15-17)25-21-22-13-7-14-23-21/h3-7,9-15,20,24H,2,8,16H2,1H3. The molecule has 0 spiro atoms. The van der Waals surface area contributed by atoms with E-state index in [0.717, 1.165) is 25.1 Å². The Kier molecular flexibility index (Phi) is 6.12. The largest absolute Gasteiger partial charge is 0.424 e. The lowest BCUT2D eigenvalue weighted by Gasteiger charge is -2.19. The Balaban J connectivity index is 1.65. The quantitative estimate of drug-likeness (QED) is 0.637. The molecule has 0 saturated carbocycles. The smallest absolute Gasteiger partial charge is 0.321 e. The van der Waals surface area contributed by atoms with Crippen molar-refractivity contribution in [3.63, 3.8) is 0 Å². The topological polar surface area (TPSA) is 47.0 Å². The van der Waals surface area contributed by atoms with Crippen molar-refractivity contribution >= 4 is 0 Å². The predicted octanol–water partition coefficient (Wildman–Crippen LogP) is 4.90. The number of benzene rings is 2. The summed E-state index contributed by atoms with van der Waals surface area (Å²) in [4.78, 5) is 8.19. The average Bonchev–Trinajstić information content (AvgIpc) is 2.67. The molecule has 1 atom stereocenters. The summed E-state index contributed by atoms with van der Waals surface area (Å²) in [5.41, 5.74) is 2.50. The van der Waals surface area contributed by atoms with Crippen molar-refractivity contribution < 1.29 is 4.74 Å². The molecule has 0 radical (unpaired) electrons. The van der Waals surface area contributed by atoms with E-state index in [1.165, 1.54) is 11.1 Å². The van der Waals surface area contributed by atoms with E-state index in [1.54, 1.807) is 18.5 Å². The van der Waals surface area contributed by atoms with Gasteiger partial charge in [0.1, 0.15) is 5.75 Å². The first-order valence-electron chi connectivity index (χ1n) is 8.67. The van der Waals surface area contributed by atoms with Crippen LogP contribution < -0.4 is 10.1 Å². The molecular formula is C21H23N3O. The number of ether oxygens (including phenoxy) is 1. The lowest BCUT2D eigenvalue weighted by molar-refractivity contribution is 0.440. The van der Waals surface area contributed by atoms with Gasteiger partial charge >= 0.3 is 6.01 Å². The van der Waals surface area contributed by atoms with E-state index in [2.05, 4.69) is 58.6 Å². The number of hydrogen-bond acceptors (Lipinski definition) is 4. The summed E-state index contributed by atoms with van der Waals surface area (Å²) in [6, 6.07) is 21.1. The van der Waals surface area contributed by atoms with E-state index >= 15 is 0 Å². The van der Waals surface area contributed by atoms with Crippen LogP contribution in [0.4, 0.5) is 0 Å². The van der Waals surface area contributed by atoms with E-state index in [-0.39, 0.29) is 0 Å². The van der Waals surface area contributed by atoms with Crippen molar-refractivity contribution in [3.05, 3.63) is 84.2 Å². The Morgan fingerprint density at radius 2 is 1.76 bits per heavy atom. The zero-order valence-corrected chi connectivity index (χ0v) is 14.4. The summed E-state index contributed by atoms with van der Waals surface area (Å²) >= 11 is 0. The van der Waals surface area contributed by atoms with Crippen LogP contribution in [0.2, 0.25) is 0 Å². The number of rotatable bonds is 8. The highest BCUT2D eigenvalue weighted by Crippen LogP contribution is 2.21. The van der Waals surface area contributed by atoms with Crippen molar-refractivity contribution in [2.75, 3.05) is 0 Å². The number of nitrogens with zero attached hydrogens (tertiary/aromatic N) is 2. The minimum absolute atomic E-state index is 0.355. The molecule has 1 unspecified atom stereocenters. The van der Waals surface area contributed by atoms with Crippen LogP contribution in [-0.2, 0) is 6.54 Å². The minimum atomic E-state index is 0.355. The van der Waals surface area contributed by atoms with Gasteiger partial charge in [0.05, 0.1) is 0 Å². The van der Waals surface area contributed by atoms with Crippen LogP contribution in [0.25, 0.3) is 0 Å². The molecule has 0 saturated heterocycles. The zero-order chi connectivity index (χ0) is 17.3. The molecular weight excluding hydrogens is 310 g/mol. The Hall–Kier alpha value is -2.72. The Morgan fingerprint density at radius 1 is 0.960 bits per heavy atom. The molecule has 0 bridgehead atoms. The summed E-state index contributed by atoms with van der Waals surface area (Å²) in [6.07, 6.45) is 5.59. The van der Waals surface area contributed by atoms with Crippen LogP contribution >= 0.6 is 0 Å². The summed E-state index contributed by atoms with van der Waals surface area (Å²) < 4.78 is 5.71. The molecule has 25 heavy (non-hydrogen) atoms. The van der Waals surface area contributed by atoms with Crippen LogP contribution in [0.5, 0.6) is 11.8 Å². The molecule has 4 heteroatoms. The predicted molar refractivity (Wildman–Crippen MR) is 99.5 cm³/mol.